The molecule has 1 aliphatic heterocycles. The number of rotatable bonds is 4. The van der Waals surface area contributed by atoms with Gasteiger partial charge in [-0.1, -0.05) is 17.7 Å². The molecule has 1 aliphatic rings. The lowest BCUT2D eigenvalue weighted by Gasteiger charge is -2.34. The van der Waals surface area contributed by atoms with Gasteiger partial charge in [0.25, 0.3) is 0 Å². The van der Waals surface area contributed by atoms with Crippen LogP contribution in [0.5, 0.6) is 0 Å². The molecule has 124 valence electrons. The van der Waals surface area contributed by atoms with E-state index in [0.29, 0.717) is 18.4 Å². The van der Waals surface area contributed by atoms with Gasteiger partial charge in [0.15, 0.2) is 0 Å². The second-order valence-corrected chi connectivity index (χ2v) is 8.18. The van der Waals surface area contributed by atoms with Crippen LogP contribution in [-0.2, 0) is 6.42 Å². The van der Waals surface area contributed by atoms with Crippen LogP contribution in [0.1, 0.15) is 53.4 Å². The van der Waals surface area contributed by atoms with Gasteiger partial charge >= 0.3 is 0 Å². The summed E-state index contributed by atoms with van der Waals surface area (Å²) < 4.78 is 0.819. The fourth-order valence-corrected chi connectivity index (χ4v) is 4.91. The third kappa shape index (κ3) is 3.94. The molecule has 0 amide bonds. The Balaban J connectivity index is 1.84. The van der Waals surface area contributed by atoms with Crippen molar-refractivity contribution in [3.8, 4) is 0 Å². The van der Waals surface area contributed by atoms with Crippen molar-refractivity contribution >= 4 is 22.9 Å². The second kappa shape index (κ2) is 7.31. The fraction of sp³-hybridized carbons (Fsp3) is 0.500. The molecule has 0 aromatic carbocycles. The maximum absolute atomic E-state index is 9.30. The summed E-state index contributed by atoms with van der Waals surface area (Å²) in [6, 6.07) is 6.97. The number of aliphatic hydroxyl groups is 1. The van der Waals surface area contributed by atoms with E-state index in [4.69, 9.17) is 11.6 Å². The van der Waals surface area contributed by atoms with E-state index in [2.05, 4.69) is 36.3 Å². The standard InChI is InChI=1S/C18H23ClN2OS/c1-11-3-4-15(20-10-11)16-8-14(7-12(2)21-16)18-13(5-6-22)9-17(19)23-18/h3-4,9-10,12,14,16,21-22H,5-8H2,1-2H3. The van der Waals surface area contributed by atoms with Gasteiger partial charge in [-0.2, -0.15) is 0 Å². The molecule has 2 aromatic rings. The smallest absolute Gasteiger partial charge is 0.0934 e. The van der Waals surface area contributed by atoms with Crippen molar-refractivity contribution in [2.24, 2.45) is 0 Å². The minimum atomic E-state index is 0.170. The Bertz CT molecular complexity index is 656. The number of aliphatic hydroxyl groups excluding tert-OH is 1. The Labute approximate surface area is 146 Å². The van der Waals surface area contributed by atoms with Gasteiger partial charge in [0.2, 0.25) is 0 Å². The molecule has 2 aromatic heterocycles. The van der Waals surface area contributed by atoms with Gasteiger partial charge in [-0.3, -0.25) is 4.98 Å². The van der Waals surface area contributed by atoms with Crippen molar-refractivity contribution < 1.29 is 5.11 Å². The molecule has 23 heavy (non-hydrogen) atoms. The molecular formula is C18H23ClN2OS. The number of nitrogens with zero attached hydrogens (tertiary/aromatic N) is 1. The first-order valence-electron chi connectivity index (χ1n) is 8.14. The van der Waals surface area contributed by atoms with E-state index in [-0.39, 0.29) is 12.6 Å². The third-order valence-electron chi connectivity index (χ3n) is 4.50. The molecule has 2 N–H and O–H groups in total. The lowest BCUT2D eigenvalue weighted by Crippen LogP contribution is -2.38. The molecule has 0 saturated carbocycles. The summed E-state index contributed by atoms with van der Waals surface area (Å²) in [5.74, 6) is 0.471. The Morgan fingerprint density at radius 1 is 1.39 bits per heavy atom. The summed E-state index contributed by atoms with van der Waals surface area (Å²) in [4.78, 5) is 5.95. The van der Waals surface area contributed by atoms with Gasteiger partial charge in [0, 0.05) is 23.7 Å². The highest BCUT2D eigenvalue weighted by Gasteiger charge is 2.30. The van der Waals surface area contributed by atoms with Crippen LogP contribution in [0.15, 0.2) is 24.4 Å². The molecule has 1 saturated heterocycles. The number of hydrogen-bond donors (Lipinski definition) is 2. The topological polar surface area (TPSA) is 45.1 Å². The maximum Gasteiger partial charge on any atom is 0.0934 e. The Morgan fingerprint density at radius 3 is 2.91 bits per heavy atom. The largest absolute Gasteiger partial charge is 0.396 e. The Hall–Kier alpha value is -0.940. The first-order chi connectivity index (χ1) is 11.1. The molecule has 3 atom stereocenters. The highest BCUT2D eigenvalue weighted by Crippen LogP contribution is 2.42. The van der Waals surface area contributed by atoms with Crippen LogP contribution in [0.25, 0.3) is 0 Å². The average molecular weight is 351 g/mol. The number of halogens is 1. The Kier molecular flexibility index (Phi) is 5.37. The lowest BCUT2D eigenvalue weighted by atomic mass is 9.84. The van der Waals surface area contributed by atoms with Gasteiger partial charge < -0.3 is 10.4 Å². The maximum atomic E-state index is 9.30. The summed E-state index contributed by atoms with van der Waals surface area (Å²) in [5.41, 5.74) is 3.50. The molecule has 3 heterocycles. The third-order valence-corrected chi connectivity index (χ3v) is 5.97. The zero-order valence-electron chi connectivity index (χ0n) is 13.6. The molecule has 0 spiro atoms. The van der Waals surface area contributed by atoms with Crippen molar-refractivity contribution in [1.29, 1.82) is 0 Å². The van der Waals surface area contributed by atoms with Crippen LogP contribution in [-0.4, -0.2) is 22.7 Å². The quantitative estimate of drug-likeness (QED) is 0.867. The minimum absolute atomic E-state index is 0.170. The van der Waals surface area contributed by atoms with Crippen LogP contribution < -0.4 is 5.32 Å². The van der Waals surface area contributed by atoms with E-state index in [1.165, 1.54) is 16.0 Å². The molecule has 5 heteroatoms. The van der Waals surface area contributed by atoms with Crippen molar-refractivity contribution in [1.82, 2.24) is 10.3 Å². The van der Waals surface area contributed by atoms with E-state index < -0.39 is 0 Å². The number of nitrogens with one attached hydrogen (secondary N) is 1. The zero-order chi connectivity index (χ0) is 16.4. The van der Waals surface area contributed by atoms with E-state index in [1.807, 2.05) is 12.3 Å². The molecule has 1 fully saturated rings. The second-order valence-electron chi connectivity index (χ2n) is 6.46. The molecule has 0 radical (unpaired) electrons. The minimum Gasteiger partial charge on any atom is -0.396 e. The summed E-state index contributed by atoms with van der Waals surface area (Å²) in [7, 11) is 0. The summed E-state index contributed by atoms with van der Waals surface area (Å²) >= 11 is 7.91. The molecule has 3 nitrogen and oxygen atoms in total. The van der Waals surface area contributed by atoms with Gasteiger partial charge in [-0.05, 0) is 62.3 Å². The van der Waals surface area contributed by atoms with Crippen molar-refractivity contribution in [3.05, 3.63) is 50.4 Å². The number of thiophene rings is 1. The van der Waals surface area contributed by atoms with Gasteiger partial charge in [-0.15, -0.1) is 11.3 Å². The highest BCUT2D eigenvalue weighted by molar-refractivity contribution is 7.16. The number of hydrogen-bond acceptors (Lipinski definition) is 4. The monoisotopic (exact) mass is 350 g/mol. The summed E-state index contributed by atoms with van der Waals surface area (Å²) in [6.45, 7) is 4.46. The Morgan fingerprint density at radius 2 is 2.22 bits per heavy atom. The zero-order valence-corrected chi connectivity index (χ0v) is 15.1. The fourth-order valence-electron chi connectivity index (χ4n) is 3.46. The van der Waals surface area contributed by atoms with E-state index >= 15 is 0 Å². The van der Waals surface area contributed by atoms with Crippen LogP contribution in [0, 0.1) is 6.92 Å². The van der Waals surface area contributed by atoms with E-state index in [0.717, 1.165) is 22.9 Å². The predicted molar refractivity (Wildman–Crippen MR) is 96.4 cm³/mol. The first-order valence-corrected chi connectivity index (χ1v) is 9.34. The molecule has 0 bridgehead atoms. The average Bonchev–Trinajstić information content (AvgIpc) is 2.88. The van der Waals surface area contributed by atoms with Crippen molar-refractivity contribution in [2.45, 2.75) is 51.1 Å². The van der Waals surface area contributed by atoms with Gasteiger partial charge in [0.1, 0.15) is 0 Å². The molecule has 3 rings (SSSR count). The normalized spacial score (nSPS) is 24.8. The number of pyridine rings is 1. The summed E-state index contributed by atoms with van der Waals surface area (Å²) in [5, 5.41) is 13.0. The van der Waals surface area contributed by atoms with Crippen LogP contribution in [0.2, 0.25) is 4.34 Å². The predicted octanol–water partition coefficient (Wildman–Crippen LogP) is 4.24. The lowest BCUT2D eigenvalue weighted by molar-refractivity contribution is 0.293. The number of aryl methyl sites for hydroxylation is 1. The highest BCUT2D eigenvalue weighted by atomic mass is 35.5. The van der Waals surface area contributed by atoms with E-state index in [1.54, 1.807) is 11.3 Å². The van der Waals surface area contributed by atoms with Crippen LogP contribution in [0.4, 0.5) is 0 Å². The molecular weight excluding hydrogens is 328 g/mol. The molecule has 0 aliphatic carbocycles. The summed E-state index contributed by atoms with van der Waals surface area (Å²) in [6.07, 6.45) is 4.74. The van der Waals surface area contributed by atoms with Crippen molar-refractivity contribution in [3.63, 3.8) is 0 Å². The van der Waals surface area contributed by atoms with E-state index in [9.17, 15) is 5.11 Å². The van der Waals surface area contributed by atoms with Gasteiger partial charge in [0.05, 0.1) is 16.1 Å². The SMILES string of the molecule is Cc1ccc(C2CC(c3sc(Cl)cc3CCO)CC(C)N2)nc1. The van der Waals surface area contributed by atoms with Gasteiger partial charge in [-0.25, -0.2) is 0 Å². The number of piperidine rings is 1. The first kappa shape index (κ1) is 16.9. The molecule has 3 unspecified atom stereocenters. The van der Waals surface area contributed by atoms with Crippen LogP contribution in [0.3, 0.4) is 0 Å². The number of aromatic nitrogens is 1. The van der Waals surface area contributed by atoms with Crippen LogP contribution >= 0.6 is 22.9 Å². The van der Waals surface area contributed by atoms with Crippen molar-refractivity contribution in [2.75, 3.05) is 6.61 Å².